The van der Waals surface area contributed by atoms with Crippen LogP contribution in [0.25, 0.3) is 0 Å². The number of ether oxygens (including phenoxy) is 1. The highest BCUT2D eigenvalue weighted by atomic mass is 16.5. The molecule has 17 heavy (non-hydrogen) atoms. The molecule has 1 unspecified atom stereocenters. The van der Waals surface area contributed by atoms with E-state index in [2.05, 4.69) is 29.1 Å². The second kappa shape index (κ2) is 8.03. The molecule has 1 rings (SSSR count). The fourth-order valence-corrected chi connectivity index (χ4v) is 2.60. The lowest BCUT2D eigenvalue weighted by atomic mass is 10.0. The Morgan fingerprint density at radius 1 is 1.41 bits per heavy atom. The van der Waals surface area contributed by atoms with Crippen LogP contribution in [0.15, 0.2) is 0 Å². The maximum absolute atomic E-state index is 5.22. The van der Waals surface area contributed by atoms with Crippen LogP contribution in [0.5, 0.6) is 0 Å². The lowest BCUT2D eigenvalue weighted by molar-refractivity contribution is 0.102. The third-order valence-electron chi connectivity index (χ3n) is 3.91. The molecular formula is C13H29N3O. The summed E-state index contributed by atoms with van der Waals surface area (Å²) in [6.45, 7) is 7.80. The van der Waals surface area contributed by atoms with E-state index < -0.39 is 0 Å². The lowest BCUT2D eigenvalue weighted by Crippen LogP contribution is -2.48. The molecule has 0 bridgehead atoms. The van der Waals surface area contributed by atoms with Crippen molar-refractivity contribution in [2.45, 2.75) is 31.8 Å². The summed E-state index contributed by atoms with van der Waals surface area (Å²) >= 11 is 0. The molecule has 0 amide bonds. The van der Waals surface area contributed by atoms with Gasteiger partial charge in [0.15, 0.2) is 0 Å². The van der Waals surface area contributed by atoms with Crippen LogP contribution < -0.4 is 5.32 Å². The summed E-state index contributed by atoms with van der Waals surface area (Å²) in [7, 11) is 6.02. The normalized spacial score (nSPS) is 21.0. The van der Waals surface area contributed by atoms with Crippen LogP contribution in [-0.4, -0.2) is 75.9 Å². The lowest BCUT2D eigenvalue weighted by Gasteiger charge is -2.37. The summed E-state index contributed by atoms with van der Waals surface area (Å²) in [6.07, 6.45) is 2.60. The summed E-state index contributed by atoms with van der Waals surface area (Å²) in [4.78, 5) is 5.03. The molecule has 0 aromatic heterocycles. The molecule has 102 valence electrons. The molecule has 1 fully saturated rings. The van der Waals surface area contributed by atoms with Gasteiger partial charge in [0, 0.05) is 25.7 Å². The Hall–Kier alpha value is -0.160. The molecule has 4 heteroatoms. The van der Waals surface area contributed by atoms with Crippen molar-refractivity contribution < 1.29 is 4.74 Å². The van der Waals surface area contributed by atoms with Gasteiger partial charge in [-0.05, 0) is 46.6 Å². The molecule has 1 heterocycles. The molecule has 1 atom stereocenters. The summed E-state index contributed by atoms with van der Waals surface area (Å²) in [6, 6.07) is 1.18. The van der Waals surface area contributed by atoms with Crippen LogP contribution in [0.3, 0.4) is 0 Å². The van der Waals surface area contributed by atoms with Crippen molar-refractivity contribution in [3.63, 3.8) is 0 Å². The number of nitrogens with zero attached hydrogens (tertiary/aromatic N) is 2. The number of methoxy groups -OCH3 is 1. The summed E-state index contributed by atoms with van der Waals surface area (Å²) in [5, 5.41) is 3.32. The van der Waals surface area contributed by atoms with E-state index in [1.807, 2.05) is 7.05 Å². The van der Waals surface area contributed by atoms with Crippen molar-refractivity contribution in [2.24, 2.45) is 0 Å². The van der Waals surface area contributed by atoms with Crippen molar-refractivity contribution in [3.05, 3.63) is 0 Å². The van der Waals surface area contributed by atoms with E-state index in [9.17, 15) is 0 Å². The summed E-state index contributed by atoms with van der Waals surface area (Å²) in [5.41, 5.74) is 0. The van der Waals surface area contributed by atoms with Gasteiger partial charge in [0.05, 0.1) is 6.61 Å². The van der Waals surface area contributed by atoms with E-state index in [4.69, 9.17) is 4.74 Å². The number of hydrogen-bond acceptors (Lipinski definition) is 4. The minimum atomic E-state index is 0.439. The van der Waals surface area contributed by atoms with E-state index in [1.165, 1.54) is 32.5 Å². The van der Waals surface area contributed by atoms with Gasteiger partial charge in [-0.15, -0.1) is 0 Å². The van der Waals surface area contributed by atoms with E-state index in [0.717, 1.165) is 19.2 Å². The fraction of sp³-hybridized carbons (Fsp3) is 1.00. The van der Waals surface area contributed by atoms with Gasteiger partial charge in [0.1, 0.15) is 0 Å². The van der Waals surface area contributed by atoms with E-state index >= 15 is 0 Å². The van der Waals surface area contributed by atoms with Crippen molar-refractivity contribution in [1.82, 2.24) is 15.1 Å². The second-order valence-corrected chi connectivity index (χ2v) is 5.05. The standard InChI is InChI=1S/C13H29N3O/c1-5-16-8-6-13(7-9-16)15(3)10-12(14-2)11-17-4/h12-14H,5-11H2,1-4H3. The molecule has 0 aliphatic carbocycles. The predicted molar refractivity (Wildman–Crippen MR) is 72.5 cm³/mol. The molecule has 1 N–H and O–H groups in total. The average molecular weight is 243 g/mol. The first-order chi connectivity index (χ1) is 8.21. The van der Waals surface area contributed by atoms with Crippen LogP contribution >= 0.6 is 0 Å². The number of hydrogen-bond donors (Lipinski definition) is 1. The minimum absolute atomic E-state index is 0.439. The smallest absolute Gasteiger partial charge is 0.0628 e. The van der Waals surface area contributed by atoms with Gasteiger partial charge in [-0.1, -0.05) is 6.92 Å². The van der Waals surface area contributed by atoms with Gasteiger partial charge in [-0.3, -0.25) is 0 Å². The van der Waals surface area contributed by atoms with Crippen molar-refractivity contribution in [1.29, 1.82) is 0 Å². The second-order valence-electron chi connectivity index (χ2n) is 5.05. The van der Waals surface area contributed by atoms with Crippen LogP contribution in [0.2, 0.25) is 0 Å². The zero-order valence-corrected chi connectivity index (χ0v) is 11.9. The maximum Gasteiger partial charge on any atom is 0.0628 e. The molecule has 1 aliphatic rings. The fourth-order valence-electron chi connectivity index (χ4n) is 2.60. The Morgan fingerprint density at radius 3 is 2.53 bits per heavy atom. The van der Waals surface area contributed by atoms with Gasteiger partial charge >= 0.3 is 0 Å². The summed E-state index contributed by atoms with van der Waals surface area (Å²) in [5.74, 6) is 0. The molecule has 0 spiro atoms. The van der Waals surface area contributed by atoms with Crippen LogP contribution in [0.4, 0.5) is 0 Å². The number of nitrogens with one attached hydrogen (secondary N) is 1. The number of rotatable bonds is 7. The highest BCUT2D eigenvalue weighted by molar-refractivity contribution is 4.80. The minimum Gasteiger partial charge on any atom is -0.383 e. The largest absolute Gasteiger partial charge is 0.383 e. The quantitative estimate of drug-likeness (QED) is 0.710. The van der Waals surface area contributed by atoms with E-state index in [-0.39, 0.29) is 0 Å². The van der Waals surface area contributed by atoms with Crippen molar-refractivity contribution in [2.75, 3.05) is 54.0 Å². The van der Waals surface area contributed by atoms with Crippen LogP contribution in [0.1, 0.15) is 19.8 Å². The van der Waals surface area contributed by atoms with Crippen LogP contribution in [0, 0.1) is 0 Å². The highest BCUT2D eigenvalue weighted by Crippen LogP contribution is 2.15. The number of piperidine rings is 1. The Bertz CT molecular complexity index is 193. The Morgan fingerprint density at radius 2 is 2.06 bits per heavy atom. The van der Waals surface area contributed by atoms with Gasteiger partial charge < -0.3 is 19.9 Å². The number of likely N-dealkylation sites (tertiary alicyclic amines) is 1. The zero-order chi connectivity index (χ0) is 12.7. The molecule has 4 nitrogen and oxygen atoms in total. The van der Waals surface area contributed by atoms with Gasteiger partial charge in [-0.25, -0.2) is 0 Å². The third kappa shape index (κ3) is 4.92. The van der Waals surface area contributed by atoms with Gasteiger partial charge in [0.2, 0.25) is 0 Å². The average Bonchev–Trinajstić information content (AvgIpc) is 2.38. The topological polar surface area (TPSA) is 27.7 Å². The zero-order valence-electron chi connectivity index (χ0n) is 11.9. The third-order valence-corrected chi connectivity index (χ3v) is 3.91. The van der Waals surface area contributed by atoms with Gasteiger partial charge in [0.25, 0.3) is 0 Å². The maximum atomic E-state index is 5.22. The Kier molecular flexibility index (Phi) is 7.04. The predicted octanol–water partition coefficient (Wildman–Crippen LogP) is 0.637. The van der Waals surface area contributed by atoms with E-state index in [0.29, 0.717) is 6.04 Å². The van der Waals surface area contributed by atoms with Crippen molar-refractivity contribution >= 4 is 0 Å². The molecule has 1 aliphatic heterocycles. The first-order valence-corrected chi connectivity index (χ1v) is 6.80. The SMILES string of the molecule is CCN1CCC(N(C)CC(COC)NC)CC1. The molecule has 1 saturated heterocycles. The van der Waals surface area contributed by atoms with Crippen molar-refractivity contribution in [3.8, 4) is 0 Å². The number of likely N-dealkylation sites (N-methyl/N-ethyl adjacent to an activating group) is 2. The molecule has 0 aromatic carbocycles. The van der Waals surface area contributed by atoms with Crippen LogP contribution in [-0.2, 0) is 4.74 Å². The first kappa shape index (κ1) is 14.9. The highest BCUT2D eigenvalue weighted by Gasteiger charge is 2.22. The molecular weight excluding hydrogens is 214 g/mol. The molecule has 0 aromatic rings. The Balaban J connectivity index is 2.30. The monoisotopic (exact) mass is 243 g/mol. The Labute approximate surface area is 106 Å². The van der Waals surface area contributed by atoms with E-state index in [1.54, 1.807) is 7.11 Å². The van der Waals surface area contributed by atoms with Gasteiger partial charge in [-0.2, -0.15) is 0 Å². The molecule has 0 radical (unpaired) electrons. The summed E-state index contributed by atoms with van der Waals surface area (Å²) < 4.78 is 5.22. The first-order valence-electron chi connectivity index (χ1n) is 6.80. The molecule has 0 saturated carbocycles.